The van der Waals surface area contributed by atoms with E-state index in [1.165, 1.54) is 0 Å². The topological polar surface area (TPSA) is 76.6 Å². The van der Waals surface area contributed by atoms with Gasteiger partial charge in [-0.25, -0.2) is 4.98 Å². The van der Waals surface area contributed by atoms with Crippen molar-refractivity contribution < 1.29 is 4.79 Å². The summed E-state index contributed by atoms with van der Waals surface area (Å²) in [5.74, 6) is -0.168. The van der Waals surface area contributed by atoms with Crippen LogP contribution >= 0.6 is 15.9 Å². The monoisotopic (exact) mass is 370 g/mol. The lowest BCUT2D eigenvalue weighted by Gasteiger charge is -2.03. The Morgan fingerprint density at radius 2 is 1.96 bits per heavy atom. The molecule has 0 bridgehead atoms. The number of hydrogen-bond donors (Lipinski definition) is 1. The Morgan fingerprint density at radius 3 is 2.87 bits per heavy atom. The maximum Gasteiger partial charge on any atom is 0.253 e. The molecule has 114 valence electrons. The first-order chi connectivity index (χ1) is 11.2. The molecule has 0 unspecified atom stereocenters. The summed E-state index contributed by atoms with van der Waals surface area (Å²) in [6.45, 7) is 0.359. The highest BCUT2D eigenvalue weighted by Crippen LogP contribution is 2.12. The summed E-state index contributed by atoms with van der Waals surface area (Å²) in [6.07, 6.45) is 7.08. The van der Waals surface area contributed by atoms with Crippen LogP contribution in [0.4, 0.5) is 0 Å². The first-order valence-corrected chi connectivity index (χ1v) is 7.69. The zero-order valence-corrected chi connectivity index (χ0v) is 13.4. The molecule has 1 amide bonds. The summed E-state index contributed by atoms with van der Waals surface area (Å²) in [5.41, 5.74) is 2.88. The summed E-state index contributed by atoms with van der Waals surface area (Å²) in [7, 11) is 0. The molecular weight excluding hydrogens is 360 g/mol. The molecule has 0 saturated carbocycles. The Morgan fingerprint density at radius 1 is 1.09 bits per heavy atom. The number of nitrogens with zero attached hydrogens (tertiary/aromatic N) is 5. The number of pyridine rings is 2. The highest BCUT2D eigenvalue weighted by atomic mass is 79.9. The van der Waals surface area contributed by atoms with Gasteiger partial charge in [0.2, 0.25) is 0 Å². The van der Waals surface area contributed by atoms with Crippen LogP contribution < -0.4 is 5.32 Å². The van der Waals surface area contributed by atoms with Gasteiger partial charge in [0.15, 0.2) is 5.65 Å². The molecule has 0 fully saturated rings. The number of fused-ring (bicyclic) bond motifs is 2. The molecule has 4 aromatic heterocycles. The fourth-order valence-electron chi connectivity index (χ4n) is 2.34. The SMILES string of the molecule is O=C(NCc1cn2cc(Br)ccc2n1)c1ccc2nncn2c1. The van der Waals surface area contributed by atoms with E-state index in [4.69, 9.17) is 0 Å². The minimum Gasteiger partial charge on any atom is -0.346 e. The van der Waals surface area contributed by atoms with E-state index in [9.17, 15) is 4.79 Å². The Labute approximate surface area is 139 Å². The van der Waals surface area contributed by atoms with E-state index in [0.717, 1.165) is 15.8 Å². The van der Waals surface area contributed by atoms with E-state index >= 15 is 0 Å². The van der Waals surface area contributed by atoms with E-state index < -0.39 is 0 Å². The number of rotatable bonds is 3. The van der Waals surface area contributed by atoms with Gasteiger partial charge < -0.3 is 9.72 Å². The third kappa shape index (κ3) is 2.68. The van der Waals surface area contributed by atoms with Crippen LogP contribution in [0, 0.1) is 0 Å². The van der Waals surface area contributed by atoms with Gasteiger partial charge in [0.25, 0.3) is 5.91 Å². The van der Waals surface area contributed by atoms with E-state index in [1.807, 2.05) is 28.9 Å². The third-order valence-electron chi connectivity index (χ3n) is 3.45. The molecule has 0 spiro atoms. The number of carbonyl (C=O) groups is 1. The summed E-state index contributed by atoms with van der Waals surface area (Å²) in [5, 5.41) is 10.6. The molecule has 23 heavy (non-hydrogen) atoms. The average Bonchev–Trinajstić information content (AvgIpc) is 3.17. The second kappa shape index (κ2) is 5.47. The highest BCUT2D eigenvalue weighted by molar-refractivity contribution is 9.10. The fraction of sp³-hybridized carbons (Fsp3) is 0.0667. The molecule has 0 aliphatic rings. The molecule has 4 rings (SSSR count). The Hall–Kier alpha value is -2.74. The Balaban J connectivity index is 1.51. The standard InChI is InChI=1S/C15H11BrN6O/c16-11-2-4-13-19-12(8-21(13)7-11)5-17-15(23)10-1-3-14-20-18-9-22(14)6-10/h1-4,6-9H,5H2,(H,17,23). The van der Waals surface area contributed by atoms with Crippen LogP contribution in [0.3, 0.4) is 0 Å². The molecular formula is C15H11BrN6O. The zero-order chi connectivity index (χ0) is 15.8. The van der Waals surface area contributed by atoms with Crippen LogP contribution in [0.2, 0.25) is 0 Å². The van der Waals surface area contributed by atoms with E-state index in [-0.39, 0.29) is 5.91 Å². The molecule has 4 aromatic rings. The molecule has 0 aromatic carbocycles. The summed E-state index contributed by atoms with van der Waals surface area (Å²) in [4.78, 5) is 16.7. The summed E-state index contributed by atoms with van der Waals surface area (Å²) >= 11 is 3.42. The van der Waals surface area contributed by atoms with Crippen LogP contribution in [0.15, 0.2) is 53.7 Å². The highest BCUT2D eigenvalue weighted by Gasteiger charge is 2.08. The first-order valence-electron chi connectivity index (χ1n) is 6.90. The molecule has 7 nitrogen and oxygen atoms in total. The van der Waals surface area contributed by atoms with Crippen LogP contribution in [-0.2, 0) is 6.54 Å². The predicted molar refractivity (Wildman–Crippen MR) is 87.0 cm³/mol. The number of aromatic nitrogens is 5. The molecule has 1 N–H and O–H groups in total. The van der Waals surface area contributed by atoms with Crippen LogP contribution in [0.1, 0.15) is 16.1 Å². The Kier molecular flexibility index (Phi) is 3.30. The van der Waals surface area contributed by atoms with Gasteiger partial charge in [-0.15, -0.1) is 10.2 Å². The lowest BCUT2D eigenvalue weighted by Crippen LogP contribution is -2.23. The normalized spacial score (nSPS) is 11.2. The van der Waals surface area contributed by atoms with Gasteiger partial charge in [-0.05, 0) is 40.2 Å². The van der Waals surface area contributed by atoms with Gasteiger partial charge >= 0.3 is 0 Å². The van der Waals surface area contributed by atoms with E-state index in [0.29, 0.717) is 17.8 Å². The molecule has 4 heterocycles. The number of nitrogens with one attached hydrogen (secondary N) is 1. The van der Waals surface area contributed by atoms with Crippen molar-refractivity contribution in [1.29, 1.82) is 0 Å². The van der Waals surface area contributed by atoms with Crippen molar-refractivity contribution in [2.75, 3.05) is 0 Å². The molecule has 8 heteroatoms. The van der Waals surface area contributed by atoms with Gasteiger partial charge in [-0.2, -0.15) is 0 Å². The second-order valence-electron chi connectivity index (χ2n) is 5.04. The van der Waals surface area contributed by atoms with Crippen molar-refractivity contribution in [3.8, 4) is 0 Å². The quantitative estimate of drug-likeness (QED) is 0.598. The van der Waals surface area contributed by atoms with Crippen LogP contribution in [0.25, 0.3) is 11.3 Å². The molecule has 0 aliphatic carbocycles. The van der Waals surface area contributed by atoms with Crippen molar-refractivity contribution >= 4 is 33.1 Å². The van der Waals surface area contributed by atoms with Crippen molar-refractivity contribution in [2.45, 2.75) is 6.54 Å². The minimum absolute atomic E-state index is 0.168. The van der Waals surface area contributed by atoms with Gasteiger partial charge in [0.05, 0.1) is 17.8 Å². The van der Waals surface area contributed by atoms with Gasteiger partial charge in [0.1, 0.15) is 12.0 Å². The predicted octanol–water partition coefficient (Wildman–Crippen LogP) is 2.07. The van der Waals surface area contributed by atoms with Crippen molar-refractivity contribution in [1.82, 2.24) is 29.3 Å². The van der Waals surface area contributed by atoms with Crippen molar-refractivity contribution in [3.63, 3.8) is 0 Å². The molecule has 0 radical (unpaired) electrons. The van der Waals surface area contributed by atoms with E-state index in [2.05, 4.69) is 36.4 Å². The van der Waals surface area contributed by atoms with Gasteiger partial charge in [-0.1, -0.05) is 0 Å². The number of hydrogen-bond acceptors (Lipinski definition) is 4. The molecule has 0 saturated heterocycles. The molecule has 0 atom stereocenters. The van der Waals surface area contributed by atoms with Crippen LogP contribution in [-0.4, -0.2) is 29.9 Å². The lowest BCUT2D eigenvalue weighted by molar-refractivity contribution is 0.0950. The smallest absolute Gasteiger partial charge is 0.253 e. The maximum absolute atomic E-state index is 12.2. The first kappa shape index (κ1) is 13.9. The van der Waals surface area contributed by atoms with Gasteiger partial charge in [0, 0.05) is 23.1 Å². The number of carbonyl (C=O) groups excluding carboxylic acids is 1. The lowest BCUT2D eigenvalue weighted by atomic mass is 10.2. The largest absolute Gasteiger partial charge is 0.346 e. The van der Waals surface area contributed by atoms with Crippen LogP contribution in [0.5, 0.6) is 0 Å². The van der Waals surface area contributed by atoms with E-state index in [1.54, 1.807) is 29.1 Å². The fourth-order valence-corrected chi connectivity index (χ4v) is 2.69. The Bertz CT molecular complexity index is 1020. The van der Waals surface area contributed by atoms with Crippen molar-refractivity contribution in [2.24, 2.45) is 0 Å². The minimum atomic E-state index is -0.168. The zero-order valence-electron chi connectivity index (χ0n) is 11.8. The summed E-state index contributed by atoms with van der Waals surface area (Å²) in [6, 6.07) is 7.32. The number of imidazole rings is 1. The summed E-state index contributed by atoms with van der Waals surface area (Å²) < 4.78 is 4.59. The maximum atomic E-state index is 12.2. The van der Waals surface area contributed by atoms with Crippen molar-refractivity contribution in [3.05, 3.63) is 64.9 Å². The number of amides is 1. The van der Waals surface area contributed by atoms with Gasteiger partial charge in [-0.3, -0.25) is 9.20 Å². The number of halogens is 1. The third-order valence-corrected chi connectivity index (χ3v) is 3.92. The second-order valence-corrected chi connectivity index (χ2v) is 5.96. The average molecular weight is 371 g/mol. The molecule has 0 aliphatic heterocycles.